The number of halogens is 2. The zero-order chi connectivity index (χ0) is 22.1. The van der Waals surface area contributed by atoms with Crippen molar-refractivity contribution in [2.45, 2.75) is 12.5 Å². The number of anilines is 2. The van der Waals surface area contributed by atoms with Gasteiger partial charge in [0.2, 0.25) is 11.8 Å². The largest absolute Gasteiger partial charge is 0.493 e. The highest BCUT2D eigenvalue weighted by Gasteiger charge is 2.33. The summed E-state index contributed by atoms with van der Waals surface area (Å²) in [4.78, 5) is 25.2. The fraction of sp³-hybridized carbons (Fsp3) is 0.190. The molecule has 2 amide bonds. The first-order valence-electron chi connectivity index (χ1n) is 9.27. The van der Waals surface area contributed by atoms with E-state index in [0.29, 0.717) is 28.6 Å². The number of carbonyl (C=O) groups excluding carboxylic acids is 2. The fourth-order valence-electron chi connectivity index (χ4n) is 3.39. The topological polar surface area (TPSA) is 94.5 Å². The van der Waals surface area contributed by atoms with Crippen LogP contribution < -0.4 is 20.1 Å². The smallest absolute Gasteiger partial charge is 0.249 e. The Hall–Kier alpha value is -3.59. The number of hydrogen-bond acceptors (Lipinski definition) is 5. The van der Waals surface area contributed by atoms with Gasteiger partial charge in [0.15, 0.2) is 11.5 Å². The van der Waals surface area contributed by atoms with E-state index in [1.165, 1.54) is 31.0 Å². The summed E-state index contributed by atoms with van der Waals surface area (Å²) in [5, 5.41) is 9.64. The van der Waals surface area contributed by atoms with Crippen molar-refractivity contribution in [2.75, 3.05) is 24.9 Å². The Bertz CT molecular complexity index is 1180. The van der Waals surface area contributed by atoms with Crippen molar-refractivity contribution in [3.05, 3.63) is 53.4 Å². The Morgan fingerprint density at radius 1 is 1.23 bits per heavy atom. The van der Waals surface area contributed by atoms with Gasteiger partial charge in [-0.05, 0) is 35.9 Å². The van der Waals surface area contributed by atoms with Crippen LogP contribution in [0.2, 0.25) is 5.02 Å². The van der Waals surface area contributed by atoms with E-state index in [2.05, 4.69) is 15.7 Å². The number of nitrogens with zero attached hydrogens (tertiary/aromatic N) is 2. The lowest BCUT2D eigenvalue weighted by molar-refractivity contribution is -0.125. The van der Waals surface area contributed by atoms with Crippen molar-refractivity contribution >= 4 is 34.9 Å². The molecule has 0 saturated heterocycles. The van der Waals surface area contributed by atoms with Crippen LogP contribution in [0.4, 0.5) is 15.9 Å². The average Bonchev–Trinajstić information content (AvgIpc) is 3.18. The van der Waals surface area contributed by atoms with Gasteiger partial charge in [0.1, 0.15) is 17.7 Å². The van der Waals surface area contributed by atoms with E-state index in [4.69, 9.17) is 21.1 Å². The minimum absolute atomic E-state index is 0.0964. The van der Waals surface area contributed by atoms with Crippen LogP contribution in [-0.2, 0) is 9.59 Å². The molecule has 0 bridgehead atoms. The average molecular weight is 445 g/mol. The number of aromatic nitrogens is 2. The monoisotopic (exact) mass is 444 g/mol. The summed E-state index contributed by atoms with van der Waals surface area (Å²) in [5.41, 5.74) is 1.67. The number of rotatable bonds is 5. The van der Waals surface area contributed by atoms with Gasteiger partial charge in [-0.3, -0.25) is 9.59 Å². The van der Waals surface area contributed by atoms with Gasteiger partial charge >= 0.3 is 0 Å². The van der Waals surface area contributed by atoms with Gasteiger partial charge in [0, 0.05) is 11.3 Å². The molecule has 1 aromatic heterocycles. The molecular weight excluding hydrogens is 427 g/mol. The summed E-state index contributed by atoms with van der Waals surface area (Å²) in [6, 6.07) is 8.26. The zero-order valence-corrected chi connectivity index (χ0v) is 17.4. The SMILES string of the molecule is COc1ccc(-c2cnn3c2NC(=O)CC3C(=O)Nc2ccc(F)c(Cl)c2)cc1OC. The van der Waals surface area contributed by atoms with Crippen LogP contribution in [0.1, 0.15) is 12.5 Å². The summed E-state index contributed by atoms with van der Waals surface area (Å²) in [6.07, 6.45) is 1.47. The van der Waals surface area contributed by atoms with Crippen LogP contribution in [-0.4, -0.2) is 35.8 Å². The molecular formula is C21H18ClFN4O4. The van der Waals surface area contributed by atoms with E-state index in [0.717, 1.165) is 11.6 Å². The maximum absolute atomic E-state index is 13.4. The van der Waals surface area contributed by atoms with Gasteiger partial charge in [-0.2, -0.15) is 5.10 Å². The molecule has 1 aliphatic heterocycles. The van der Waals surface area contributed by atoms with E-state index in [1.807, 2.05) is 0 Å². The predicted molar refractivity (Wildman–Crippen MR) is 113 cm³/mol. The van der Waals surface area contributed by atoms with Crippen LogP contribution in [0.25, 0.3) is 11.1 Å². The van der Waals surface area contributed by atoms with Crippen molar-refractivity contribution in [3.8, 4) is 22.6 Å². The highest BCUT2D eigenvalue weighted by Crippen LogP contribution is 2.38. The molecule has 3 aromatic rings. The lowest BCUT2D eigenvalue weighted by Crippen LogP contribution is -2.35. The number of amides is 2. The number of ether oxygens (including phenoxy) is 2. The van der Waals surface area contributed by atoms with Crippen LogP contribution >= 0.6 is 11.6 Å². The summed E-state index contributed by atoms with van der Waals surface area (Å²) in [5.74, 6) is 0.0789. The van der Waals surface area contributed by atoms with Crippen LogP contribution in [0.3, 0.4) is 0 Å². The van der Waals surface area contributed by atoms with Crippen molar-refractivity contribution < 1.29 is 23.5 Å². The molecule has 0 aliphatic carbocycles. The molecule has 0 spiro atoms. The quantitative estimate of drug-likeness (QED) is 0.622. The van der Waals surface area contributed by atoms with Gasteiger partial charge in [-0.1, -0.05) is 17.7 Å². The first kappa shape index (κ1) is 20.7. The number of methoxy groups -OCH3 is 2. The molecule has 160 valence electrons. The Labute approximate surface area is 181 Å². The van der Waals surface area contributed by atoms with Gasteiger partial charge in [0.25, 0.3) is 0 Å². The molecule has 31 heavy (non-hydrogen) atoms. The van der Waals surface area contributed by atoms with Gasteiger partial charge in [-0.15, -0.1) is 0 Å². The molecule has 10 heteroatoms. The Morgan fingerprint density at radius 2 is 2.00 bits per heavy atom. The van der Waals surface area contributed by atoms with Gasteiger partial charge < -0.3 is 20.1 Å². The maximum Gasteiger partial charge on any atom is 0.249 e. The maximum atomic E-state index is 13.4. The third kappa shape index (κ3) is 3.91. The van der Waals surface area contributed by atoms with E-state index in [9.17, 15) is 14.0 Å². The molecule has 1 atom stereocenters. The van der Waals surface area contributed by atoms with Crippen molar-refractivity contribution in [2.24, 2.45) is 0 Å². The zero-order valence-electron chi connectivity index (χ0n) is 16.6. The second kappa shape index (κ2) is 8.27. The van der Waals surface area contributed by atoms with Gasteiger partial charge in [0.05, 0.1) is 31.9 Å². The molecule has 0 fully saturated rings. The fourth-order valence-corrected chi connectivity index (χ4v) is 3.57. The van der Waals surface area contributed by atoms with E-state index < -0.39 is 17.8 Å². The summed E-state index contributed by atoms with van der Waals surface area (Å²) in [7, 11) is 3.07. The summed E-state index contributed by atoms with van der Waals surface area (Å²) in [6.45, 7) is 0. The minimum Gasteiger partial charge on any atom is -0.493 e. The van der Waals surface area contributed by atoms with Crippen molar-refractivity contribution in [1.29, 1.82) is 0 Å². The number of hydrogen-bond donors (Lipinski definition) is 2. The Kier molecular flexibility index (Phi) is 5.51. The lowest BCUT2D eigenvalue weighted by atomic mass is 10.1. The molecule has 2 N–H and O–H groups in total. The van der Waals surface area contributed by atoms with Crippen LogP contribution in [0.15, 0.2) is 42.6 Å². The van der Waals surface area contributed by atoms with E-state index in [-0.39, 0.29) is 17.4 Å². The van der Waals surface area contributed by atoms with Crippen molar-refractivity contribution in [1.82, 2.24) is 9.78 Å². The molecule has 2 heterocycles. The summed E-state index contributed by atoms with van der Waals surface area (Å²) >= 11 is 5.78. The molecule has 4 rings (SSSR count). The standard InChI is InChI=1S/C21H18ClFN4O4/c1-30-17-6-3-11(7-18(17)31-2)13-10-24-27-16(9-19(28)26-20(13)27)21(29)25-12-4-5-15(23)14(22)8-12/h3-8,10,16H,9H2,1-2H3,(H,25,29)(H,26,28). The van der Waals surface area contributed by atoms with Crippen molar-refractivity contribution in [3.63, 3.8) is 0 Å². The molecule has 1 unspecified atom stereocenters. The normalized spacial score (nSPS) is 15.1. The highest BCUT2D eigenvalue weighted by molar-refractivity contribution is 6.31. The minimum atomic E-state index is -0.888. The number of fused-ring (bicyclic) bond motifs is 1. The molecule has 1 aliphatic rings. The predicted octanol–water partition coefficient (Wildman–Crippen LogP) is 3.88. The first-order chi connectivity index (χ1) is 14.9. The lowest BCUT2D eigenvalue weighted by Gasteiger charge is -2.24. The highest BCUT2D eigenvalue weighted by atomic mass is 35.5. The number of benzene rings is 2. The number of carbonyl (C=O) groups is 2. The Balaban J connectivity index is 1.66. The first-order valence-corrected chi connectivity index (χ1v) is 9.64. The molecule has 0 saturated carbocycles. The second-order valence-electron chi connectivity index (χ2n) is 6.81. The third-order valence-corrected chi connectivity index (χ3v) is 5.20. The van der Waals surface area contributed by atoms with Crippen LogP contribution in [0.5, 0.6) is 11.5 Å². The third-order valence-electron chi connectivity index (χ3n) is 4.91. The molecule has 0 radical (unpaired) electrons. The number of nitrogens with one attached hydrogen (secondary N) is 2. The van der Waals surface area contributed by atoms with Gasteiger partial charge in [-0.25, -0.2) is 9.07 Å². The second-order valence-corrected chi connectivity index (χ2v) is 7.21. The van der Waals surface area contributed by atoms with E-state index >= 15 is 0 Å². The van der Waals surface area contributed by atoms with Crippen LogP contribution in [0, 0.1) is 5.82 Å². The van der Waals surface area contributed by atoms with E-state index in [1.54, 1.807) is 24.4 Å². The molecule has 2 aromatic carbocycles. The summed E-state index contributed by atoms with van der Waals surface area (Å²) < 4.78 is 25.4. The molecule has 8 nitrogen and oxygen atoms in total. The Morgan fingerprint density at radius 3 is 2.71 bits per heavy atom.